The first-order valence-corrected chi connectivity index (χ1v) is 12.6. The number of ether oxygens (including phenoxy) is 3. The third-order valence-corrected chi connectivity index (χ3v) is 7.88. The molecule has 0 aromatic heterocycles. The second-order valence-corrected chi connectivity index (χ2v) is 10.3. The van der Waals surface area contributed by atoms with Crippen molar-refractivity contribution >= 4 is 47.2 Å². The van der Waals surface area contributed by atoms with Gasteiger partial charge in [-0.15, -0.1) is 23.5 Å². The average Bonchev–Trinajstić information content (AvgIpc) is 2.82. The van der Waals surface area contributed by atoms with E-state index in [2.05, 4.69) is 0 Å². The van der Waals surface area contributed by atoms with Gasteiger partial charge in [-0.1, -0.05) is 12.1 Å². The number of hydrogen-bond donors (Lipinski definition) is 0. The molecule has 182 valence electrons. The van der Waals surface area contributed by atoms with Gasteiger partial charge < -0.3 is 14.2 Å². The minimum absolute atomic E-state index is 0.225. The monoisotopic (exact) mass is 513 g/mol. The highest BCUT2D eigenvalue weighted by Crippen LogP contribution is 2.43. The summed E-state index contributed by atoms with van der Waals surface area (Å²) in [7, 11) is 0. The van der Waals surface area contributed by atoms with Crippen molar-refractivity contribution in [3.05, 3.63) is 65.2 Å². The summed E-state index contributed by atoms with van der Waals surface area (Å²) in [4.78, 5) is 49.2. The number of thioether (sulfide) groups is 2. The van der Waals surface area contributed by atoms with Gasteiger partial charge in [0.2, 0.25) is 0 Å². The number of ketones is 1. The van der Waals surface area contributed by atoms with E-state index in [4.69, 9.17) is 19.5 Å². The maximum absolute atomic E-state index is 13.2. The second kappa shape index (κ2) is 11.9. The fourth-order valence-corrected chi connectivity index (χ4v) is 6.44. The Labute approximate surface area is 211 Å². The number of benzene rings is 2. The molecule has 4 atom stereocenters. The van der Waals surface area contributed by atoms with Crippen LogP contribution in [0.1, 0.15) is 42.3 Å². The third kappa shape index (κ3) is 6.87. The molecular weight excluding hydrogens is 490 g/mol. The van der Waals surface area contributed by atoms with Gasteiger partial charge in [0, 0.05) is 42.5 Å². The van der Waals surface area contributed by atoms with E-state index in [1.54, 1.807) is 48.5 Å². The van der Waals surface area contributed by atoms with Crippen LogP contribution in [-0.4, -0.2) is 52.3 Å². The molecule has 1 fully saturated rings. The van der Waals surface area contributed by atoms with Crippen molar-refractivity contribution in [2.75, 3.05) is 5.75 Å². The van der Waals surface area contributed by atoms with E-state index in [9.17, 15) is 19.2 Å². The molecule has 2 aromatic carbocycles. The Morgan fingerprint density at radius 2 is 1.49 bits per heavy atom. The zero-order valence-corrected chi connectivity index (χ0v) is 20.9. The first kappa shape index (κ1) is 26.3. The number of nitriles is 1. The summed E-state index contributed by atoms with van der Waals surface area (Å²) in [5, 5.41) is 9.01. The van der Waals surface area contributed by atoms with Crippen LogP contribution in [0, 0.1) is 11.3 Å². The van der Waals surface area contributed by atoms with Crippen LogP contribution >= 0.6 is 23.5 Å². The maximum atomic E-state index is 13.2. The number of rotatable bonds is 7. The Morgan fingerprint density at radius 3 is 2.09 bits per heavy atom. The van der Waals surface area contributed by atoms with E-state index < -0.39 is 40.8 Å². The van der Waals surface area contributed by atoms with Crippen LogP contribution in [0.3, 0.4) is 0 Å². The molecule has 10 heteroatoms. The summed E-state index contributed by atoms with van der Waals surface area (Å²) < 4.78 is 15.9. The summed E-state index contributed by atoms with van der Waals surface area (Å²) in [5.41, 5.74) is 1.32. The first-order valence-electron chi connectivity index (χ1n) is 10.6. The van der Waals surface area contributed by atoms with Crippen molar-refractivity contribution in [3.63, 3.8) is 0 Å². The van der Waals surface area contributed by atoms with Crippen molar-refractivity contribution in [1.82, 2.24) is 0 Å². The summed E-state index contributed by atoms with van der Waals surface area (Å²) in [6.07, 6.45) is -2.72. The number of nitrogens with zero attached hydrogens (tertiary/aromatic N) is 1. The molecule has 0 amide bonds. The lowest BCUT2D eigenvalue weighted by molar-refractivity contribution is -0.180. The van der Waals surface area contributed by atoms with Gasteiger partial charge in [0.25, 0.3) is 0 Å². The van der Waals surface area contributed by atoms with Crippen LogP contribution in [0.2, 0.25) is 0 Å². The molecule has 2 aromatic rings. The van der Waals surface area contributed by atoms with Crippen molar-refractivity contribution in [3.8, 4) is 6.07 Å². The van der Waals surface area contributed by atoms with E-state index in [0.29, 0.717) is 27.3 Å². The Balaban J connectivity index is 1.92. The van der Waals surface area contributed by atoms with Gasteiger partial charge in [-0.25, -0.2) is 0 Å². The fourth-order valence-electron chi connectivity index (χ4n) is 3.54. The molecule has 0 bridgehead atoms. The lowest BCUT2D eigenvalue weighted by Crippen LogP contribution is -2.53. The van der Waals surface area contributed by atoms with Gasteiger partial charge >= 0.3 is 17.9 Å². The van der Waals surface area contributed by atoms with Crippen molar-refractivity contribution in [1.29, 1.82) is 5.26 Å². The van der Waals surface area contributed by atoms with Crippen molar-refractivity contribution < 1.29 is 33.4 Å². The number of hydrogen-bond acceptors (Lipinski definition) is 10. The lowest BCUT2D eigenvalue weighted by atomic mass is 10.0. The molecule has 1 heterocycles. The maximum Gasteiger partial charge on any atom is 0.303 e. The zero-order valence-electron chi connectivity index (χ0n) is 19.3. The van der Waals surface area contributed by atoms with E-state index in [1.807, 2.05) is 6.07 Å². The van der Waals surface area contributed by atoms with E-state index in [0.717, 1.165) is 0 Å². The highest BCUT2D eigenvalue weighted by molar-refractivity contribution is 8.17. The Morgan fingerprint density at radius 1 is 0.886 bits per heavy atom. The van der Waals surface area contributed by atoms with Crippen molar-refractivity contribution in [2.24, 2.45) is 0 Å². The minimum Gasteiger partial charge on any atom is -0.458 e. The summed E-state index contributed by atoms with van der Waals surface area (Å²) in [6.45, 7) is 3.72. The molecule has 0 aliphatic carbocycles. The molecule has 0 spiro atoms. The Kier molecular flexibility index (Phi) is 8.95. The second-order valence-electron chi connectivity index (χ2n) is 7.63. The predicted octanol–water partition coefficient (Wildman–Crippen LogP) is 3.75. The Bertz CT molecular complexity index is 1160. The van der Waals surface area contributed by atoms with Crippen LogP contribution in [-0.2, 0) is 28.6 Å². The molecule has 0 saturated carbocycles. The number of esters is 3. The fraction of sp³-hybridized carbons (Fsp3) is 0.320. The number of carbonyl (C=O) groups excluding carboxylic acids is 4. The molecule has 3 rings (SSSR count). The molecule has 1 aliphatic heterocycles. The molecule has 1 saturated heterocycles. The van der Waals surface area contributed by atoms with Gasteiger partial charge in [0.15, 0.2) is 24.1 Å². The predicted molar refractivity (Wildman–Crippen MR) is 130 cm³/mol. The summed E-state index contributed by atoms with van der Waals surface area (Å²) in [6, 6.07) is 15.4. The van der Waals surface area contributed by atoms with Crippen molar-refractivity contribution in [2.45, 2.75) is 48.6 Å². The van der Waals surface area contributed by atoms with Crippen LogP contribution < -0.4 is 0 Å². The largest absolute Gasteiger partial charge is 0.458 e. The molecule has 8 nitrogen and oxygen atoms in total. The van der Waals surface area contributed by atoms with Gasteiger partial charge in [-0.05, 0) is 36.4 Å². The number of carbonyl (C=O) groups is 4. The molecule has 0 unspecified atom stereocenters. The van der Waals surface area contributed by atoms with E-state index in [-0.39, 0.29) is 5.78 Å². The topological polar surface area (TPSA) is 120 Å². The molecule has 0 N–H and O–H groups in total. The van der Waals surface area contributed by atoms with E-state index in [1.165, 1.54) is 44.3 Å². The summed E-state index contributed by atoms with van der Waals surface area (Å²) in [5.74, 6) is -1.64. The summed E-state index contributed by atoms with van der Waals surface area (Å²) >= 11 is 2.68. The quantitative estimate of drug-likeness (QED) is 0.307. The molecule has 0 radical (unpaired) electrons. The molecule has 35 heavy (non-hydrogen) atoms. The van der Waals surface area contributed by atoms with Gasteiger partial charge in [0.05, 0.1) is 16.2 Å². The standard InChI is InChI=1S/C25H23NO7S2/c1-14(27)31-20-13-34-25(24(33-16(3)29)23(20)32-15(2)28)35-21-7-5-4-6-19(21)22(30)18-10-8-17(12-26)9-11-18/h4-11,20,23-25H,13H2,1-3H3/t20-,23+,24-,25+/m1/s1. The average molecular weight is 514 g/mol. The highest BCUT2D eigenvalue weighted by Gasteiger charge is 2.47. The van der Waals surface area contributed by atoms with Crippen LogP contribution in [0.15, 0.2) is 53.4 Å². The Hall–Kier alpha value is -3.29. The lowest BCUT2D eigenvalue weighted by Gasteiger charge is -2.40. The third-order valence-electron chi connectivity index (χ3n) is 4.96. The van der Waals surface area contributed by atoms with Crippen LogP contribution in [0.25, 0.3) is 0 Å². The first-order chi connectivity index (χ1) is 16.7. The smallest absolute Gasteiger partial charge is 0.303 e. The zero-order chi connectivity index (χ0) is 25.5. The van der Waals surface area contributed by atoms with Gasteiger partial charge in [-0.2, -0.15) is 5.26 Å². The molecular formula is C25H23NO7S2. The van der Waals surface area contributed by atoms with Crippen LogP contribution in [0.4, 0.5) is 0 Å². The van der Waals surface area contributed by atoms with E-state index >= 15 is 0 Å². The van der Waals surface area contributed by atoms with Gasteiger partial charge in [-0.3, -0.25) is 19.2 Å². The normalized spacial score (nSPS) is 21.3. The van der Waals surface area contributed by atoms with Crippen LogP contribution in [0.5, 0.6) is 0 Å². The highest BCUT2D eigenvalue weighted by atomic mass is 32.2. The van der Waals surface area contributed by atoms with Gasteiger partial charge in [0.1, 0.15) is 0 Å². The SMILES string of the molecule is CC(=O)O[C@@H]1[C@@H](OC(C)=O)[C@H](Sc2ccccc2C(=O)c2ccc(C#N)cc2)SC[C@H]1OC(C)=O. The molecule has 1 aliphatic rings. The minimum atomic E-state index is -1.000.